The van der Waals surface area contributed by atoms with E-state index in [0.29, 0.717) is 0 Å². The summed E-state index contributed by atoms with van der Waals surface area (Å²) in [4.78, 5) is 0. The van der Waals surface area contributed by atoms with Gasteiger partial charge in [-0.1, -0.05) is 32.0 Å². The summed E-state index contributed by atoms with van der Waals surface area (Å²) in [5, 5.41) is 12.5. The van der Waals surface area contributed by atoms with Gasteiger partial charge < -0.3 is 5.32 Å². The quantitative estimate of drug-likeness (QED) is 0.816. The monoisotopic (exact) mass is 202 g/mol. The molecule has 0 aromatic heterocycles. The molecule has 0 saturated carbocycles. The van der Waals surface area contributed by atoms with Crippen molar-refractivity contribution in [3.63, 3.8) is 0 Å². The van der Waals surface area contributed by atoms with E-state index in [9.17, 15) is 5.26 Å². The predicted octanol–water partition coefficient (Wildman–Crippen LogP) is 3.35. The summed E-state index contributed by atoms with van der Waals surface area (Å²) in [6.45, 7) is 8.08. The highest BCUT2D eigenvalue weighted by Gasteiger charge is 2.27. The van der Waals surface area contributed by atoms with Crippen LogP contribution < -0.4 is 5.32 Å². The Kier molecular flexibility index (Phi) is 3.36. The predicted molar refractivity (Wildman–Crippen MR) is 63.7 cm³/mol. The zero-order valence-corrected chi connectivity index (χ0v) is 9.83. The summed E-state index contributed by atoms with van der Waals surface area (Å²) in [5.74, 6) is 0.266. The molecular formula is C13H18N2. The number of rotatable bonds is 3. The Bertz CT molecular complexity index is 376. The van der Waals surface area contributed by atoms with Crippen LogP contribution in [0.3, 0.4) is 0 Å². The number of nitrogens with one attached hydrogen (secondary N) is 1. The van der Waals surface area contributed by atoms with E-state index in [0.717, 1.165) is 5.69 Å². The molecule has 1 rings (SSSR count). The molecule has 1 aromatic rings. The summed E-state index contributed by atoms with van der Waals surface area (Å²) >= 11 is 0. The molecular weight excluding hydrogens is 184 g/mol. The van der Waals surface area contributed by atoms with Crippen molar-refractivity contribution in [1.82, 2.24) is 0 Å². The first-order valence-electron chi connectivity index (χ1n) is 5.24. The minimum Gasteiger partial charge on any atom is -0.367 e. The van der Waals surface area contributed by atoms with E-state index < -0.39 is 5.54 Å². The Labute approximate surface area is 91.9 Å². The fourth-order valence-electron chi connectivity index (χ4n) is 1.29. The van der Waals surface area contributed by atoms with E-state index in [1.54, 1.807) is 0 Å². The van der Waals surface area contributed by atoms with Gasteiger partial charge in [-0.05, 0) is 31.4 Å². The second-order valence-electron chi connectivity index (χ2n) is 4.41. The molecule has 80 valence electrons. The largest absolute Gasteiger partial charge is 0.367 e. The van der Waals surface area contributed by atoms with Gasteiger partial charge in [0.2, 0.25) is 0 Å². The van der Waals surface area contributed by atoms with E-state index in [4.69, 9.17) is 0 Å². The third-order valence-electron chi connectivity index (χ3n) is 2.93. The van der Waals surface area contributed by atoms with Gasteiger partial charge in [-0.2, -0.15) is 5.26 Å². The molecule has 0 heterocycles. The average Bonchev–Trinajstić information content (AvgIpc) is 2.21. The minimum absolute atomic E-state index is 0.266. The number of nitriles is 1. The van der Waals surface area contributed by atoms with Gasteiger partial charge in [0, 0.05) is 5.69 Å². The maximum Gasteiger partial charge on any atom is 0.124 e. The Morgan fingerprint density at radius 1 is 1.33 bits per heavy atom. The van der Waals surface area contributed by atoms with Gasteiger partial charge in [-0.15, -0.1) is 0 Å². The van der Waals surface area contributed by atoms with Gasteiger partial charge in [-0.25, -0.2) is 0 Å². The highest BCUT2D eigenvalue weighted by molar-refractivity contribution is 5.53. The lowest BCUT2D eigenvalue weighted by Gasteiger charge is -2.29. The van der Waals surface area contributed by atoms with Crippen LogP contribution in [0.15, 0.2) is 24.3 Å². The normalized spacial score (nSPS) is 14.4. The van der Waals surface area contributed by atoms with Crippen LogP contribution in [-0.2, 0) is 0 Å². The Morgan fingerprint density at radius 3 is 2.40 bits per heavy atom. The van der Waals surface area contributed by atoms with Gasteiger partial charge >= 0.3 is 0 Å². The molecule has 1 atom stereocenters. The number of hydrogen-bond acceptors (Lipinski definition) is 2. The van der Waals surface area contributed by atoms with Crippen LogP contribution >= 0.6 is 0 Å². The van der Waals surface area contributed by atoms with Crippen LogP contribution in [0.2, 0.25) is 0 Å². The van der Waals surface area contributed by atoms with Gasteiger partial charge in [0.25, 0.3) is 0 Å². The molecule has 15 heavy (non-hydrogen) atoms. The summed E-state index contributed by atoms with van der Waals surface area (Å²) in [7, 11) is 0. The fraction of sp³-hybridized carbons (Fsp3) is 0.462. The first-order chi connectivity index (χ1) is 6.99. The smallest absolute Gasteiger partial charge is 0.124 e. The molecule has 0 spiro atoms. The van der Waals surface area contributed by atoms with Gasteiger partial charge in [-0.3, -0.25) is 0 Å². The van der Waals surface area contributed by atoms with Crippen LogP contribution in [0.25, 0.3) is 0 Å². The molecule has 0 fully saturated rings. The number of hydrogen-bond donors (Lipinski definition) is 1. The van der Waals surface area contributed by atoms with Crippen molar-refractivity contribution in [1.29, 1.82) is 5.26 Å². The molecule has 0 aliphatic carbocycles. The van der Waals surface area contributed by atoms with Crippen molar-refractivity contribution < 1.29 is 0 Å². The van der Waals surface area contributed by atoms with Gasteiger partial charge in [0.05, 0.1) is 6.07 Å². The number of para-hydroxylation sites is 1. The average molecular weight is 202 g/mol. The molecule has 1 aromatic carbocycles. The van der Waals surface area contributed by atoms with E-state index in [2.05, 4.69) is 25.2 Å². The zero-order chi connectivity index (χ0) is 11.5. The van der Waals surface area contributed by atoms with Crippen LogP contribution in [0.5, 0.6) is 0 Å². The van der Waals surface area contributed by atoms with Crippen LogP contribution in [0.1, 0.15) is 26.3 Å². The molecule has 0 radical (unpaired) electrons. The second-order valence-corrected chi connectivity index (χ2v) is 4.41. The summed E-state index contributed by atoms with van der Waals surface area (Å²) in [5.41, 5.74) is 1.70. The highest BCUT2D eigenvalue weighted by Crippen LogP contribution is 2.24. The molecule has 0 bridgehead atoms. The van der Waals surface area contributed by atoms with Crippen LogP contribution in [0.4, 0.5) is 5.69 Å². The second kappa shape index (κ2) is 4.35. The molecule has 0 aliphatic rings. The molecule has 1 unspecified atom stereocenters. The SMILES string of the molecule is Cc1ccccc1NC(C)(C#N)C(C)C. The van der Waals surface area contributed by atoms with Crippen molar-refractivity contribution >= 4 is 5.69 Å². The van der Waals surface area contributed by atoms with Crippen LogP contribution in [0, 0.1) is 24.2 Å². The molecule has 1 N–H and O–H groups in total. The lowest BCUT2D eigenvalue weighted by Crippen LogP contribution is -2.38. The lowest BCUT2D eigenvalue weighted by molar-refractivity contribution is 0.464. The minimum atomic E-state index is -0.508. The molecule has 0 aliphatic heterocycles. The van der Waals surface area contributed by atoms with E-state index in [-0.39, 0.29) is 5.92 Å². The van der Waals surface area contributed by atoms with Crippen molar-refractivity contribution in [2.75, 3.05) is 5.32 Å². The standard InChI is InChI=1S/C13H18N2/c1-10(2)13(4,9-14)15-12-8-6-5-7-11(12)3/h5-8,10,15H,1-4H3. The van der Waals surface area contributed by atoms with Gasteiger partial charge in [0.15, 0.2) is 0 Å². The summed E-state index contributed by atoms with van der Waals surface area (Å²) in [6.07, 6.45) is 0. The van der Waals surface area contributed by atoms with E-state index in [1.165, 1.54) is 5.56 Å². The number of benzene rings is 1. The van der Waals surface area contributed by atoms with Crippen molar-refractivity contribution in [3.8, 4) is 6.07 Å². The Morgan fingerprint density at radius 2 is 1.93 bits per heavy atom. The fourth-order valence-corrected chi connectivity index (χ4v) is 1.29. The third-order valence-corrected chi connectivity index (χ3v) is 2.93. The molecule has 0 amide bonds. The summed E-state index contributed by atoms with van der Waals surface area (Å²) in [6, 6.07) is 10.4. The third kappa shape index (κ3) is 2.50. The number of anilines is 1. The molecule has 2 nitrogen and oxygen atoms in total. The highest BCUT2D eigenvalue weighted by atomic mass is 15.0. The van der Waals surface area contributed by atoms with Crippen molar-refractivity contribution in [2.24, 2.45) is 5.92 Å². The topological polar surface area (TPSA) is 35.8 Å². The Balaban J connectivity index is 2.96. The van der Waals surface area contributed by atoms with E-state index in [1.807, 2.05) is 38.1 Å². The van der Waals surface area contributed by atoms with Crippen molar-refractivity contribution in [2.45, 2.75) is 33.2 Å². The first kappa shape index (κ1) is 11.6. The number of nitrogens with zero attached hydrogens (tertiary/aromatic N) is 1. The lowest BCUT2D eigenvalue weighted by atomic mass is 9.89. The van der Waals surface area contributed by atoms with Crippen molar-refractivity contribution in [3.05, 3.63) is 29.8 Å². The Hall–Kier alpha value is -1.49. The first-order valence-corrected chi connectivity index (χ1v) is 5.24. The maximum atomic E-state index is 9.20. The van der Waals surface area contributed by atoms with E-state index >= 15 is 0 Å². The molecule has 2 heteroatoms. The van der Waals surface area contributed by atoms with Crippen LogP contribution in [-0.4, -0.2) is 5.54 Å². The van der Waals surface area contributed by atoms with Gasteiger partial charge in [0.1, 0.15) is 5.54 Å². The summed E-state index contributed by atoms with van der Waals surface area (Å²) < 4.78 is 0. The zero-order valence-electron chi connectivity index (χ0n) is 9.83. The molecule has 0 saturated heterocycles. The number of aryl methyl sites for hydroxylation is 1. The maximum absolute atomic E-state index is 9.20.